The van der Waals surface area contributed by atoms with E-state index in [1.54, 1.807) is 0 Å². The highest BCUT2D eigenvalue weighted by molar-refractivity contribution is 5.76. The second-order valence-electron chi connectivity index (χ2n) is 5.21. The second-order valence-corrected chi connectivity index (χ2v) is 5.21. The van der Waals surface area contributed by atoms with Crippen molar-refractivity contribution in [3.05, 3.63) is 0 Å². The van der Waals surface area contributed by atoms with Crippen molar-refractivity contribution in [2.75, 3.05) is 19.6 Å². The van der Waals surface area contributed by atoms with Crippen molar-refractivity contribution in [1.82, 2.24) is 4.90 Å². The molecule has 0 spiro atoms. The first-order chi connectivity index (χ1) is 7.65. The minimum atomic E-state index is 0.301. The largest absolute Gasteiger partial charge is 0.343 e. The van der Waals surface area contributed by atoms with Gasteiger partial charge in [-0.25, -0.2) is 0 Å². The van der Waals surface area contributed by atoms with E-state index in [-0.39, 0.29) is 0 Å². The molecule has 2 N–H and O–H groups in total. The molecule has 1 amide bonds. The summed E-state index contributed by atoms with van der Waals surface area (Å²) in [6.07, 6.45) is 5.06. The van der Waals surface area contributed by atoms with Crippen LogP contribution in [0.5, 0.6) is 0 Å². The molecule has 0 aliphatic carbocycles. The summed E-state index contributed by atoms with van der Waals surface area (Å²) >= 11 is 0. The number of carbonyl (C=O) groups excluding carboxylic acids is 1. The lowest BCUT2D eigenvalue weighted by molar-refractivity contribution is -0.131. The lowest BCUT2D eigenvalue weighted by Crippen LogP contribution is -2.32. The minimum Gasteiger partial charge on any atom is -0.343 e. The van der Waals surface area contributed by atoms with Gasteiger partial charge in [0.2, 0.25) is 5.91 Å². The molecule has 1 fully saturated rings. The maximum absolute atomic E-state index is 11.9. The Bertz CT molecular complexity index is 216. The van der Waals surface area contributed by atoms with Crippen LogP contribution in [0.25, 0.3) is 0 Å². The Morgan fingerprint density at radius 1 is 1.38 bits per heavy atom. The lowest BCUT2D eigenvalue weighted by atomic mass is 9.89. The summed E-state index contributed by atoms with van der Waals surface area (Å²) in [6, 6.07) is 0. The molecule has 1 rings (SSSR count). The van der Waals surface area contributed by atoms with Crippen molar-refractivity contribution >= 4 is 5.91 Å². The van der Waals surface area contributed by atoms with Crippen molar-refractivity contribution in [1.29, 1.82) is 0 Å². The third kappa shape index (κ3) is 4.12. The van der Waals surface area contributed by atoms with Gasteiger partial charge >= 0.3 is 0 Å². The fourth-order valence-corrected chi connectivity index (χ4v) is 2.45. The predicted octanol–water partition coefficient (Wildman–Crippen LogP) is 2.01. The van der Waals surface area contributed by atoms with E-state index < -0.39 is 0 Å². The molecule has 1 atom stereocenters. The van der Waals surface area contributed by atoms with Crippen molar-refractivity contribution in [3.63, 3.8) is 0 Å². The third-order valence-electron chi connectivity index (χ3n) is 3.66. The first-order valence-corrected chi connectivity index (χ1v) is 6.63. The van der Waals surface area contributed by atoms with Gasteiger partial charge in [0.05, 0.1) is 0 Å². The number of amides is 1. The average molecular weight is 226 g/mol. The minimum absolute atomic E-state index is 0.301. The number of nitrogens with two attached hydrogens (primary N) is 1. The molecule has 94 valence electrons. The first kappa shape index (κ1) is 13.5. The van der Waals surface area contributed by atoms with Crippen LogP contribution in [0.2, 0.25) is 0 Å². The Labute approximate surface area is 99.4 Å². The molecule has 16 heavy (non-hydrogen) atoms. The highest BCUT2D eigenvalue weighted by atomic mass is 16.2. The van der Waals surface area contributed by atoms with Gasteiger partial charge in [-0.15, -0.1) is 0 Å². The standard InChI is InChI=1S/C13H26N2O/c1-11(2)12-5-4-9-15(10-7-12)13(16)6-3-8-14/h11-12H,3-10,14H2,1-2H3. The number of hydrogen-bond donors (Lipinski definition) is 1. The zero-order valence-electron chi connectivity index (χ0n) is 10.7. The Kier molecular flexibility index (Phi) is 5.81. The van der Waals surface area contributed by atoms with Gasteiger partial charge < -0.3 is 10.6 Å². The zero-order chi connectivity index (χ0) is 12.0. The van der Waals surface area contributed by atoms with E-state index in [1.165, 1.54) is 12.8 Å². The van der Waals surface area contributed by atoms with Crippen LogP contribution in [0.15, 0.2) is 0 Å². The Morgan fingerprint density at radius 3 is 2.75 bits per heavy atom. The van der Waals surface area contributed by atoms with Crippen molar-refractivity contribution < 1.29 is 4.79 Å². The molecule has 1 aliphatic rings. The van der Waals surface area contributed by atoms with E-state index in [2.05, 4.69) is 13.8 Å². The van der Waals surface area contributed by atoms with E-state index in [9.17, 15) is 4.79 Å². The topological polar surface area (TPSA) is 46.3 Å². The molecular formula is C13H26N2O. The van der Waals surface area contributed by atoms with Crippen LogP contribution in [0, 0.1) is 11.8 Å². The van der Waals surface area contributed by atoms with Crippen molar-refractivity contribution in [2.45, 2.75) is 46.0 Å². The second kappa shape index (κ2) is 6.89. The van der Waals surface area contributed by atoms with Crippen molar-refractivity contribution in [2.24, 2.45) is 17.6 Å². The third-order valence-corrected chi connectivity index (χ3v) is 3.66. The molecule has 1 aliphatic heterocycles. The Balaban J connectivity index is 2.37. The average Bonchev–Trinajstić information content (AvgIpc) is 2.51. The van der Waals surface area contributed by atoms with Gasteiger partial charge in [0, 0.05) is 19.5 Å². The molecule has 0 aromatic rings. The molecule has 0 bridgehead atoms. The SMILES string of the molecule is CC(C)C1CCCN(C(=O)CCCN)CC1. The molecule has 1 heterocycles. The number of nitrogens with zero attached hydrogens (tertiary/aromatic N) is 1. The molecule has 1 unspecified atom stereocenters. The van der Waals surface area contributed by atoms with Crippen molar-refractivity contribution in [3.8, 4) is 0 Å². The number of likely N-dealkylation sites (tertiary alicyclic amines) is 1. The summed E-state index contributed by atoms with van der Waals surface area (Å²) in [6.45, 7) is 7.10. The molecule has 3 heteroatoms. The number of rotatable bonds is 4. The van der Waals surface area contributed by atoms with E-state index in [0.717, 1.165) is 37.8 Å². The van der Waals surface area contributed by atoms with Crippen LogP contribution in [-0.4, -0.2) is 30.4 Å². The molecule has 0 saturated carbocycles. The summed E-state index contributed by atoms with van der Waals surface area (Å²) in [5.74, 6) is 1.85. The Morgan fingerprint density at radius 2 is 2.12 bits per heavy atom. The van der Waals surface area contributed by atoms with Crippen LogP contribution >= 0.6 is 0 Å². The Hall–Kier alpha value is -0.570. The van der Waals surface area contributed by atoms with E-state index in [4.69, 9.17) is 5.73 Å². The first-order valence-electron chi connectivity index (χ1n) is 6.63. The van der Waals surface area contributed by atoms with Gasteiger partial charge in [-0.3, -0.25) is 4.79 Å². The van der Waals surface area contributed by atoms with Crippen LogP contribution < -0.4 is 5.73 Å². The fourth-order valence-electron chi connectivity index (χ4n) is 2.45. The van der Waals surface area contributed by atoms with E-state index in [1.807, 2.05) is 4.90 Å². The summed E-state index contributed by atoms with van der Waals surface area (Å²) in [5, 5.41) is 0. The zero-order valence-corrected chi connectivity index (χ0v) is 10.7. The normalized spacial score (nSPS) is 22.2. The van der Waals surface area contributed by atoms with Gasteiger partial charge in [-0.2, -0.15) is 0 Å². The highest BCUT2D eigenvalue weighted by Crippen LogP contribution is 2.24. The molecule has 0 radical (unpaired) electrons. The lowest BCUT2D eigenvalue weighted by Gasteiger charge is -2.21. The highest BCUT2D eigenvalue weighted by Gasteiger charge is 2.21. The van der Waals surface area contributed by atoms with Gasteiger partial charge in [0.1, 0.15) is 0 Å². The summed E-state index contributed by atoms with van der Waals surface area (Å²) in [5.41, 5.74) is 5.43. The fraction of sp³-hybridized carbons (Fsp3) is 0.923. The van der Waals surface area contributed by atoms with Gasteiger partial charge in [-0.1, -0.05) is 13.8 Å². The van der Waals surface area contributed by atoms with Crippen LogP contribution in [0.4, 0.5) is 0 Å². The summed E-state index contributed by atoms with van der Waals surface area (Å²) in [7, 11) is 0. The van der Waals surface area contributed by atoms with Gasteiger partial charge in [0.25, 0.3) is 0 Å². The maximum atomic E-state index is 11.9. The van der Waals surface area contributed by atoms with Gasteiger partial charge in [0.15, 0.2) is 0 Å². The predicted molar refractivity (Wildman–Crippen MR) is 67.0 cm³/mol. The maximum Gasteiger partial charge on any atom is 0.222 e. The van der Waals surface area contributed by atoms with Gasteiger partial charge in [-0.05, 0) is 44.1 Å². The van der Waals surface area contributed by atoms with Crippen LogP contribution in [0.3, 0.4) is 0 Å². The van der Waals surface area contributed by atoms with E-state index >= 15 is 0 Å². The molecular weight excluding hydrogens is 200 g/mol. The molecule has 1 saturated heterocycles. The van der Waals surface area contributed by atoms with E-state index in [0.29, 0.717) is 18.9 Å². The number of carbonyl (C=O) groups is 1. The molecule has 0 aromatic carbocycles. The van der Waals surface area contributed by atoms with Crippen LogP contribution in [-0.2, 0) is 4.79 Å². The quantitative estimate of drug-likeness (QED) is 0.797. The summed E-state index contributed by atoms with van der Waals surface area (Å²) in [4.78, 5) is 13.9. The monoisotopic (exact) mass is 226 g/mol. The molecule has 0 aromatic heterocycles. The number of hydrogen-bond acceptors (Lipinski definition) is 2. The summed E-state index contributed by atoms with van der Waals surface area (Å²) < 4.78 is 0. The smallest absolute Gasteiger partial charge is 0.222 e. The van der Waals surface area contributed by atoms with Crippen LogP contribution in [0.1, 0.15) is 46.0 Å². The molecule has 3 nitrogen and oxygen atoms in total.